The van der Waals surface area contributed by atoms with Crippen LogP contribution in [0.1, 0.15) is 0 Å². The number of thiophene rings is 1. The maximum absolute atomic E-state index is 13.6. The van der Waals surface area contributed by atoms with Gasteiger partial charge in [0, 0.05) is 22.0 Å². The zero-order valence-corrected chi connectivity index (χ0v) is 9.34. The van der Waals surface area contributed by atoms with Gasteiger partial charge in [0.2, 0.25) is 0 Å². The topological polar surface area (TPSA) is 25.8 Å². The van der Waals surface area contributed by atoms with Crippen LogP contribution >= 0.6 is 11.3 Å². The third kappa shape index (κ3) is 1.68. The first-order chi connectivity index (χ1) is 8.25. The number of fused-ring (bicyclic) bond motifs is 1. The number of rotatable bonds is 1. The van der Waals surface area contributed by atoms with Gasteiger partial charge in [0.05, 0.1) is 0 Å². The monoisotopic (exact) mass is 248 g/mol. The summed E-state index contributed by atoms with van der Waals surface area (Å²) in [5.74, 6) is -1.67. The van der Waals surface area contributed by atoms with Gasteiger partial charge >= 0.3 is 0 Å². The Hall–Kier alpha value is -1.88. The predicted molar refractivity (Wildman–Crippen MR) is 62.8 cm³/mol. The molecule has 0 saturated heterocycles. The minimum Gasteiger partial charge on any atom is -0.244 e. The summed E-state index contributed by atoms with van der Waals surface area (Å²) in [4.78, 5) is 9.37. The second-order valence-electron chi connectivity index (χ2n) is 3.50. The van der Waals surface area contributed by atoms with Gasteiger partial charge in [0.1, 0.15) is 11.2 Å². The molecule has 0 atom stereocenters. The highest BCUT2D eigenvalue weighted by Gasteiger charge is 2.12. The van der Waals surface area contributed by atoms with Crippen LogP contribution in [0.25, 0.3) is 20.7 Å². The molecule has 5 heteroatoms. The molecule has 84 valence electrons. The average molecular weight is 248 g/mol. The molecule has 0 spiro atoms. The third-order valence-corrected chi connectivity index (χ3v) is 3.50. The normalized spacial score (nSPS) is 10.9. The van der Waals surface area contributed by atoms with Crippen LogP contribution in [0.3, 0.4) is 0 Å². The van der Waals surface area contributed by atoms with E-state index >= 15 is 0 Å². The van der Waals surface area contributed by atoms with Crippen LogP contribution in [0, 0.1) is 11.6 Å². The molecule has 0 fully saturated rings. The Kier molecular flexibility index (Phi) is 2.33. The van der Waals surface area contributed by atoms with Gasteiger partial charge in [-0.15, -0.1) is 11.3 Å². The fourth-order valence-corrected chi connectivity index (χ4v) is 2.61. The molecule has 1 aromatic carbocycles. The van der Waals surface area contributed by atoms with Gasteiger partial charge in [0.25, 0.3) is 0 Å². The third-order valence-electron chi connectivity index (χ3n) is 2.41. The summed E-state index contributed by atoms with van der Waals surface area (Å²) in [5, 5.41) is 0.830. The molecule has 3 rings (SSSR count). The molecule has 2 aromatic heterocycles. The minimum absolute atomic E-state index is 0.257. The van der Waals surface area contributed by atoms with E-state index in [1.54, 1.807) is 18.3 Å². The van der Waals surface area contributed by atoms with Crippen molar-refractivity contribution in [2.45, 2.75) is 0 Å². The van der Waals surface area contributed by atoms with Crippen molar-refractivity contribution in [1.29, 1.82) is 0 Å². The lowest BCUT2D eigenvalue weighted by Gasteiger charge is -1.99. The summed E-state index contributed by atoms with van der Waals surface area (Å²) < 4.78 is 26.7. The molecule has 0 aliphatic carbocycles. The molecule has 0 amide bonds. The average Bonchev–Trinajstić information content (AvgIpc) is 2.76. The first kappa shape index (κ1) is 10.3. The lowest BCUT2D eigenvalue weighted by Crippen LogP contribution is -1.86. The van der Waals surface area contributed by atoms with Gasteiger partial charge in [-0.3, -0.25) is 0 Å². The summed E-state index contributed by atoms with van der Waals surface area (Å²) >= 11 is 1.32. The highest BCUT2D eigenvalue weighted by Crippen LogP contribution is 2.33. The molecule has 0 bridgehead atoms. The summed E-state index contributed by atoms with van der Waals surface area (Å²) in [6, 6.07) is 5.91. The molecule has 17 heavy (non-hydrogen) atoms. The Morgan fingerprint density at radius 3 is 2.88 bits per heavy atom. The molecule has 2 nitrogen and oxygen atoms in total. The van der Waals surface area contributed by atoms with Crippen molar-refractivity contribution in [1.82, 2.24) is 9.97 Å². The van der Waals surface area contributed by atoms with E-state index in [1.165, 1.54) is 23.7 Å². The van der Waals surface area contributed by atoms with Crippen LogP contribution in [-0.2, 0) is 0 Å². The molecule has 0 saturated carbocycles. The Bertz CT molecular complexity index is 661. The molecule has 0 radical (unpaired) electrons. The summed E-state index contributed by atoms with van der Waals surface area (Å²) in [7, 11) is 0. The second-order valence-corrected chi connectivity index (χ2v) is 4.53. The number of aromatic nitrogens is 2. The lowest BCUT2D eigenvalue weighted by molar-refractivity contribution is 0.511. The molecule has 0 aliphatic rings. The second kappa shape index (κ2) is 3.85. The Labute approximate surface area is 99.6 Å². The molecule has 0 unspecified atom stereocenters. The highest BCUT2D eigenvalue weighted by molar-refractivity contribution is 7.21. The maximum Gasteiger partial charge on any atom is 0.167 e. The van der Waals surface area contributed by atoms with Crippen LogP contribution in [-0.4, -0.2) is 9.97 Å². The van der Waals surface area contributed by atoms with Crippen molar-refractivity contribution in [2.24, 2.45) is 0 Å². The van der Waals surface area contributed by atoms with E-state index in [1.807, 2.05) is 0 Å². The molecule has 2 heterocycles. The zero-order chi connectivity index (χ0) is 11.8. The Balaban J connectivity index is 2.24. The zero-order valence-electron chi connectivity index (χ0n) is 8.52. The van der Waals surface area contributed by atoms with Crippen molar-refractivity contribution in [2.75, 3.05) is 0 Å². The van der Waals surface area contributed by atoms with Crippen molar-refractivity contribution in [3.05, 3.63) is 48.4 Å². The van der Waals surface area contributed by atoms with Gasteiger partial charge in [-0.2, -0.15) is 0 Å². The predicted octanol–water partition coefficient (Wildman–Crippen LogP) is 3.64. The maximum atomic E-state index is 13.6. The van der Waals surface area contributed by atoms with E-state index in [-0.39, 0.29) is 5.56 Å². The smallest absolute Gasteiger partial charge is 0.167 e. The van der Waals surface area contributed by atoms with Crippen molar-refractivity contribution < 1.29 is 8.78 Å². The minimum atomic E-state index is -0.842. The van der Waals surface area contributed by atoms with E-state index in [0.29, 0.717) is 4.88 Å². The van der Waals surface area contributed by atoms with Crippen LogP contribution in [0.15, 0.2) is 36.8 Å². The van der Waals surface area contributed by atoms with Crippen molar-refractivity contribution in [3.63, 3.8) is 0 Å². The first-order valence-corrected chi connectivity index (χ1v) is 5.71. The van der Waals surface area contributed by atoms with Crippen LogP contribution in [0.2, 0.25) is 0 Å². The highest BCUT2D eigenvalue weighted by atomic mass is 32.1. The van der Waals surface area contributed by atoms with Gasteiger partial charge < -0.3 is 0 Å². The van der Waals surface area contributed by atoms with Crippen molar-refractivity contribution >= 4 is 21.6 Å². The number of hydrogen-bond donors (Lipinski definition) is 0. The van der Waals surface area contributed by atoms with E-state index in [9.17, 15) is 8.78 Å². The van der Waals surface area contributed by atoms with E-state index < -0.39 is 11.6 Å². The quantitative estimate of drug-likeness (QED) is 0.657. The van der Waals surface area contributed by atoms with Gasteiger partial charge in [-0.25, -0.2) is 18.7 Å². The number of halogens is 2. The number of benzene rings is 1. The van der Waals surface area contributed by atoms with Crippen molar-refractivity contribution in [3.8, 4) is 10.4 Å². The molecule has 0 aliphatic heterocycles. The number of hydrogen-bond acceptors (Lipinski definition) is 3. The molecular formula is C12H6F2N2S. The molecule has 3 aromatic rings. The standard InChI is InChI=1S/C12H6F2N2S/c13-9-3-1-2-8(11(9)14)10-4-7-5-15-6-16-12(7)17-10/h1-6H. The van der Waals surface area contributed by atoms with Gasteiger partial charge in [-0.1, -0.05) is 12.1 Å². The fraction of sp³-hybridized carbons (Fsp3) is 0. The van der Waals surface area contributed by atoms with Crippen LogP contribution < -0.4 is 0 Å². The first-order valence-electron chi connectivity index (χ1n) is 4.89. The Morgan fingerprint density at radius 1 is 1.18 bits per heavy atom. The molecule has 0 N–H and O–H groups in total. The van der Waals surface area contributed by atoms with Gasteiger partial charge in [-0.05, 0) is 12.1 Å². The fourth-order valence-electron chi connectivity index (χ4n) is 1.62. The van der Waals surface area contributed by atoms with Crippen LogP contribution in [0.5, 0.6) is 0 Å². The SMILES string of the molecule is Fc1cccc(-c2cc3cncnc3s2)c1F. The van der Waals surface area contributed by atoms with E-state index in [0.717, 1.165) is 16.3 Å². The number of nitrogens with zero attached hydrogens (tertiary/aromatic N) is 2. The summed E-state index contributed by atoms with van der Waals surface area (Å²) in [5.41, 5.74) is 0.257. The van der Waals surface area contributed by atoms with Gasteiger partial charge in [0.15, 0.2) is 11.6 Å². The van der Waals surface area contributed by atoms with Crippen LogP contribution in [0.4, 0.5) is 8.78 Å². The van der Waals surface area contributed by atoms with E-state index in [4.69, 9.17) is 0 Å². The lowest BCUT2D eigenvalue weighted by atomic mass is 10.1. The largest absolute Gasteiger partial charge is 0.244 e. The van der Waals surface area contributed by atoms with E-state index in [2.05, 4.69) is 9.97 Å². The summed E-state index contributed by atoms with van der Waals surface area (Å²) in [6.07, 6.45) is 3.09. The molecular weight excluding hydrogens is 242 g/mol. The summed E-state index contributed by atoms with van der Waals surface area (Å²) in [6.45, 7) is 0. The Morgan fingerprint density at radius 2 is 2.06 bits per heavy atom.